The van der Waals surface area contributed by atoms with E-state index in [1.54, 1.807) is 21.1 Å². The molecule has 1 amide bonds. The average Bonchev–Trinajstić information content (AvgIpc) is 2.71. The Balaban J connectivity index is 2.58. The summed E-state index contributed by atoms with van der Waals surface area (Å²) < 4.78 is 11.2. The summed E-state index contributed by atoms with van der Waals surface area (Å²) in [6.07, 6.45) is 0.613. The summed E-state index contributed by atoms with van der Waals surface area (Å²) in [5, 5.41) is 6.76. The number of hydrogen-bond donors (Lipinski definition) is 2. The Bertz CT molecular complexity index is 513. The van der Waals surface area contributed by atoms with Crippen molar-refractivity contribution in [2.24, 2.45) is 7.05 Å². The smallest absolute Gasteiger partial charge is 0.359 e. The molecule has 0 fully saturated rings. The van der Waals surface area contributed by atoms with Gasteiger partial charge in [-0.3, -0.25) is 9.48 Å². The molecule has 118 valence electrons. The van der Waals surface area contributed by atoms with E-state index >= 15 is 0 Å². The Kier molecular flexibility index (Phi) is 6.16. The molecule has 0 radical (unpaired) electrons. The zero-order valence-electron chi connectivity index (χ0n) is 12.8. The molecule has 0 saturated heterocycles. The maximum atomic E-state index is 12.0. The van der Waals surface area contributed by atoms with Crippen LogP contribution in [0.2, 0.25) is 0 Å². The first kappa shape index (κ1) is 17.0. The van der Waals surface area contributed by atoms with Gasteiger partial charge in [-0.25, -0.2) is 4.79 Å². The second-order valence-electron chi connectivity index (χ2n) is 4.69. The van der Waals surface area contributed by atoms with Crippen LogP contribution in [0.15, 0.2) is 0 Å². The number of carbonyl (C=O) groups is 2. The van der Waals surface area contributed by atoms with Gasteiger partial charge < -0.3 is 20.5 Å². The maximum absolute atomic E-state index is 12.0. The number of carbonyl (C=O) groups excluding carboxylic acids is 2. The third-order valence-corrected chi connectivity index (χ3v) is 2.85. The fourth-order valence-corrected chi connectivity index (χ4v) is 1.91. The molecule has 1 aromatic heterocycles. The second kappa shape index (κ2) is 7.63. The number of aromatic nitrogens is 2. The van der Waals surface area contributed by atoms with E-state index < -0.39 is 11.9 Å². The van der Waals surface area contributed by atoms with Crippen LogP contribution in [-0.2, 0) is 27.7 Å². The number of aryl methyl sites for hydroxylation is 2. The number of nitrogens with two attached hydrogens (primary N) is 1. The zero-order chi connectivity index (χ0) is 16.0. The van der Waals surface area contributed by atoms with E-state index in [2.05, 4.69) is 10.4 Å². The Morgan fingerprint density at radius 3 is 2.67 bits per heavy atom. The minimum Gasteiger partial charge on any atom is -0.451 e. The number of rotatable bonds is 7. The maximum Gasteiger partial charge on any atom is 0.359 e. The highest BCUT2D eigenvalue weighted by atomic mass is 16.5. The van der Waals surface area contributed by atoms with Gasteiger partial charge in [0.25, 0.3) is 5.91 Å². The van der Waals surface area contributed by atoms with Gasteiger partial charge in [0.15, 0.2) is 12.3 Å². The number of methoxy groups -OCH3 is 1. The van der Waals surface area contributed by atoms with Crippen LogP contribution in [-0.4, -0.2) is 48.0 Å². The van der Waals surface area contributed by atoms with Gasteiger partial charge in [0, 0.05) is 20.2 Å². The molecule has 1 rings (SSSR count). The van der Waals surface area contributed by atoms with E-state index in [0.29, 0.717) is 18.7 Å². The fourth-order valence-electron chi connectivity index (χ4n) is 1.91. The molecule has 1 unspecified atom stereocenters. The Hall–Kier alpha value is -2.09. The van der Waals surface area contributed by atoms with Crippen LogP contribution in [0.25, 0.3) is 0 Å². The molecule has 8 heteroatoms. The van der Waals surface area contributed by atoms with Crippen LogP contribution >= 0.6 is 0 Å². The molecule has 0 saturated carbocycles. The Morgan fingerprint density at radius 1 is 1.48 bits per heavy atom. The number of anilines is 1. The summed E-state index contributed by atoms with van der Waals surface area (Å²) in [6.45, 7) is 3.68. The van der Waals surface area contributed by atoms with Crippen molar-refractivity contribution >= 4 is 17.6 Å². The Morgan fingerprint density at radius 2 is 2.14 bits per heavy atom. The minimum atomic E-state index is -0.670. The van der Waals surface area contributed by atoms with Crippen molar-refractivity contribution in [3.05, 3.63) is 11.4 Å². The summed E-state index contributed by atoms with van der Waals surface area (Å²) in [7, 11) is 3.14. The van der Waals surface area contributed by atoms with E-state index in [1.165, 1.54) is 4.68 Å². The van der Waals surface area contributed by atoms with Gasteiger partial charge in [-0.2, -0.15) is 5.10 Å². The molecule has 1 aromatic rings. The van der Waals surface area contributed by atoms with E-state index in [9.17, 15) is 9.59 Å². The molecular weight excluding hydrogens is 276 g/mol. The Labute approximate surface area is 123 Å². The summed E-state index contributed by atoms with van der Waals surface area (Å²) >= 11 is 0. The first-order valence-corrected chi connectivity index (χ1v) is 6.67. The molecule has 0 aromatic carbocycles. The summed E-state index contributed by atoms with van der Waals surface area (Å²) in [6, 6.07) is -0.158. The second-order valence-corrected chi connectivity index (χ2v) is 4.69. The standard InChI is InChI=1S/C13H22N4O4/c1-5-9-11(14)12(17(3)16-9)13(19)21-7-10(18)15-8(2)6-20-4/h8H,5-7,14H2,1-4H3,(H,15,18). The highest BCUT2D eigenvalue weighted by Crippen LogP contribution is 2.17. The lowest BCUT2D eigenvalue weighted by atomic mass is 10.2. The number of nitrogen functional groups attached to an aromatic ring is 1. The van der Waals surface area contributed by atoms with Crippen LogP contribution < -0.4 is 11.1 Å². The molecular formula is C13H22N4O4. The third-order valence-electron chi connectivity index (χ3n) is 2.85. The minimum absolute atomic E-state index is 0.157. The molecule has 0 aliphatic heterocycles. The van der Waals surface area contributed by atoms with Crippen molar-refractivity contribution in [1.29, 1.82) is 0 Å². The van der Waals surface area contributed by atoms with Gasteiger partial charge >= 0.3 is 5.97 Å². The highest BCUT2D eigenvalue weighted by molar-refractivity contribution is 5.95. The first-order valence-electron chi connectivity index (χ1n) is 6.67. The molecule has 0 aliphatic carbocycles. The van der Waals surface area contributed by atoms with Crippen LogP contribution in [0.3, 0.4) is 0 Å². The quantitative estimate of drug-likeness (QED) is 0.679. The number of ether oxygens (including phenoxy) is 2. The van der Waals surface area contributed by atoms with Crippen molar-refractivity contribution in [3.8, 4) is 0 Å². The van der Waals surface area contributed by atoms with E-state index in [0.717, 1.165) is 0 Å². The molecule has 1 heterocycles. The van der Waals surface area contributed by atoms with Crippen LogP contribution in [0.5, 0.6) is 0 Å². The molecule has 8 nitrogen and oxygen atoms in total. The van der Waals surface area contributed by atoms with Crippen molar-refractivity contribution in [2.75, 3.05) is 26.1 Å². The lowest BCUT2D eigenvalue weighted by molar-refractivity contribution is -0.125. The van der Waals surface area contributed by atoms with Gasteiger partial charge in [0.05, 0.1) is 18.0 Å². The van der Waals surface area contributed by atoms with Crippen molar-refractivity contribution in [1.82, 2.24) is 15.1 Å². The first-order chi connectivity index (χ1) is 9.90. The third kappa shape index (κ3) is 4.45. The normalized spacial score (nSPS) is 12.0. The summed E-state index contributed by atoms with van der Waals surface area (Å²) in [4.78, 5) is 23.6. The SMILES string of the molecule is CCc1nn(C)c(C(=O)OCC(=O)NC(C)COC)c1N. The largest absolute Gasteiger partial charge is 0.451 e. The van der Waals surface area contributed by atoms with Crippen LogP contribution in [0.4, 0.5) is 5.69 Å². The molecule has 0 aliphatic rings. The van der Waals surface area contributed by atoms with Crippen LogP contribution in [0.1, 0.15) is 30.0 Å². The summed E-state index contributed by atoms with van der Waals surface area (Å²) in [5.74, 6) is -1.07. The summed E-state index contributed by atoms with van der Waals surface area (Å²) in [5.41, 5.74) is 6.92. The van der Waals surface area contributed by atoms with Gasteiger partial charge in [0.1, 0.15) is 0 Å². The predicted molar refractivity (Wildman–Crippen MR) is 76.8 cm³/mol. The fraction of sp³-hybridized carbons (Fsp3) is 0.615. The topological polar surface area (TPSA) is 108 Å². The van der Waals surface area contributed by atoms with E-state index in [-0.39, 0.29) is 24.0 Å². The molecule has 1 atom stereocenters. The molecule has 3 N–H and O–H groups in total. The van der Waals surface area contributed by atoms with E-state index in [4.69, 9.17) is 15.2 Å². The van der Waals surface area contributed by atoms with Gasteiger partial charge in [0.2, 0.25) is 0 Å². The predicted octanol–water partition coefficient (Wildman–Crippen LogP) is -0.127. The molecule has 0 bridgehead atoms. The number of nitrogens with zero attached hydrogens (tertiary/aromatic N) is 2. The van der Waals surface area contributed by atoms with Gasteiger partial charge in [-0.15, -0.1) is 0 Å². The molecule has 0 spiro atoms. The van der Waals surface area contributed by atoms with Crippen LogP contribution in [0, 0.1) is 0 Å². The average molecular weight is 298 g/mol. The zero-order valence-corrected chi connectivity index (χ0v) is 12.8. The lowest BCUT2D eigenvalue weighted by Gasteiger charge is -2.12. The van der Waals surface area contributed by atoms with Crippen molar-refractivity contribution in [3.63, 3.8) is 0 Å². The monoisotopic (exact) mass is 298 g/mol. The van der Waals surface area contributed by atoms with Gasteiger partial charge in [-0.05, 0) is 13.3 Å². The molecule has 21 heavy (non-hydrogen) atoms. The van der Waals surface area contributed by atoms with Gasteiger partial charge in [-0.1, -0.05) is 6.92 Å². The van der Waals surface area contributed by atoms with Crippen molar-refractivity contribution < 1.29 is 19.1 Å². The number of nitrogens with one attached hydrogen (secondary N) is 1. The number of esters is 1. The lowest BCUT2D eigenvalue weighted by Crippen LogP contribution is -2.38. The highest BCUT2D eigenvalue weighted by Gasteiger charge is 2.21. The number of hydrogen-bond acceptors (Lipinski definition) is 6. The van der Waals surface area contributed by atoms with Crippen molar-refractivity contribution in [2.45, 2.75) is 26.3 Å². The number of amides is 1. The van der Waals surface area contributed by atoms with E-state index in [1.807, 2.05) is 6.92 Å².